The van der Waals surface area contributed by atoms with Crippen LogP contribution in [0.25, 0.3) is 6.08 Å². The Kier molecular flexibility index (Phi) is 6.33. The average Bonchev–Trinajstić information content (AvgIpc) is 2.95. The Hall–Kier alpha value is -3.26. The van der Waals surface area contributed by atoms with Gasteiger partial charge in [-0.15, -0.1) is 0 Å². The number of hydrogen-bond acceptors (Lipinski definition) is 6. The molecule has 0 aliphatic carbocycles. The van der Waals surface area contributed by atoms with Crippen molar-refractivity contribution < 1.29 is 23.9 Å². The summed E-state index contributed by atoms with van der Waals surface area (Å²) in [6.07, 6.45) is 1.61. The highest BCUT2D eigenvalue weighted by Gasteiger charge is 2.34. The van der Waals surface area contributed by atoms with Crippen LogP contribution >= 0.6 is 11.8 Å². The highest BCUT2D eigenvalue weighted by atomic mass is 32.2. The molecule has 28 heavy (non-hydrogen) atoms. The van der Waals surface area contributed by atoms with E-state index in [0.717, 1.165) is 16.7 Å². The minimum atomic E-state index is -0.579. The standard InChI is InChI=1S/C20H18N2O5S/c21-18(23)13-27-16-8-4-5-14(11-16)12-17-19(24)22(20(25)28-17)9-10-26-15-6-2-1-3-7-15/h1-8,11-12H,9-10,13H2,(H2,21,23)/b17-12-. The first-order chi connectivity index (χ1) is 13.5. The second-order valence-corrected chi connectivity index (χ2v) is 6.82. The molecule has 1 aliphatic rings. The highest BCUT2D eigenvalue weighted by Crippen LogP contribution is 2.32. The zero-order valence-corrected chi connectivity index (χ0v) is 15.7. The minimum Gasteiger partial charge on any atom is -0.492 e. The lowest BCUT2D eigenvalue weighted by Gasteiger charge is -2.13. The van der Waals surface area contributed by atoms with Gasteiger partial charge in [0.1, 0.15) is 18.1 Å². The zero-order chi connectivity index (χ0) is 19.9. The van der Waals surface area contributed by atoms with E-state index in [-0.39, 0.29) is 30.9 Å². The number of primary amides is 1. The number of nitrogens with zero attached hydrogens (tertiary/aromatic N) is 1. The van der Waals surface area contributed by atoms with Gasteiger partial charge in [0, 0.05) is 0 Å². The lowest BCUT2D eigenvalue weighted by molar-refractivity contribution is -0.123. The third-order valence-electron chi connectivity index (χ3n) is 3.74. The predicted octanol–water partition coefficient (Wildman–Crippen LogP) is 2.67. The van der Waals surface area contributed by atoms with Crippen LogP contribution in [0.15, 0.2) is 59.5 Å². The number of hydrogen-bond donors (Lipinski definition) is 1. The number of carbonyl (C=O) groups is 3. The Morgan fingerprint density at radius 2 is 1.79 bits per heavy atom. The van der Waals surface area contributed by atoms with Crippen LogP contribution in [0.3, 0.4) is 0 Å². The molecule has 7 nitrogen and oxygen atoms in total. The van der Waals surface area contributed by atoms with Gasteiger partial charge in [-0.05, 0) is 47.7 Å². The van der Waals surface area contributed by atoms with E-state index in [9.17, 15) is 14.4 Å². The largest absolute Gasteiger partial charge is 0.492 e. The van der Waals surface area contributed by atoms with Crippen LogP contribution in [0, 0.1) is 0 Å². The molecule has 2 aromatic carbocycles. The number of thioether (sulfide) groups is 1. The van der Waals surface area contributed by atoms with Crippen molar-refractivity contribution in [1.82, 2.24) is 4.90 Å². The van der Waals surface area contributed by atoms with Gasteiger partial charge < -0.3 is 15.2 Å². The van der Waals surface area contributed by atoms with Crippen LogP contribution in [0.4, 0.5) is 4.79 Å². The molecule has 8 heteroatoms. The van der Waals surface area contributed by atoms with Crippen LogP contribution < -0.4 is 15.2 Å². The topological polar surface area (TPSA) is 98.9 Å². The lowest BCUT2D eigenvalue weighted by Crippen LogP contribution is -2.32. The molecule has 1 fully saturated rings. The molecule has 1 heterocycles. The van der Waals surface area contributed by atoms with Gasteiger partial charge in [-0.3, -0.25) is 19.3 Å². The van der Waals surface area contributed by atoms with Gasteiger partial charge in [0.05, 0.1) is 11.4 Å². The first kappa shape index (κ1) is 19.5. The fraction of sp³-hybridized carbons (Fsp3) is 0.150. The number of rotatable bonds is 8. The van der Waals surface area contributed by atoms with Crippen LogP contribution in [-0.2, 0) is 9.59 Å². The fourth-order valence-corrected chi connectivity index (χ4v) is 3.33. The number of imide groups is 1. The summed E-state index contributed by atoms with van der Waals surface area (Å²) in [5, 5.41) is -0.339. The van der Waals surface area contributed by atoms with Crippen LogP contribution in [0.5, 0.6) is 11.5 Å². The molecule has 0 atom stereocenters. The van der Waals surface area contributed by atoms with E-state index < -0.39 is 5.91 Å². The summed E-state index contributed by atoms with van der Waals surface area (Å²) < 4.78 is 10.8. The van der Waals surface area contributed by atoms with Gasteiger partial charge in [-0.25, -0.2) is 0 Å². The molecule has 3 amide bonds. The maximum atomic E-state index is 12.5. The number of ether oxygens (including phenoxy) is 2. The fourth-order valence-electron chi connectivity index (χ4n) is 2.46. The van der Waals surface area contributed by atoms with E-state index in [0.29, 0.717) is 22.0 Å². The Labute approximate surface area is 166 Å². The molecule has 0 saturated carbocycles. The number of nitrogens with two attached hydrogens (primary N) is 1. The van der Waals surface area contributed by atoms with Gasteiger partial charge in [-0.1, -0.05) is 30.3 Å². The molecule has 2 aromatic rings. The summed E-state index contributed by atoms with van der Waals surface area (Å²) in [7, 11) is 0. The van der Waals surface area contributed by atoms with Crippen molar-refractivity contribution in [3.63, 3.8) is 0 Å². The van der Waals surface area contributed by atoms with E-state index in [1.165, 1.54) is 0 Å². The van der Waals surface area contributed by atoms with E-state index in [1.807, 2.05) is 18.2 Å². The minimum absolute atomic E-state index is 0.165. The van der Waals surface area contributed by atoms with Gasteiger partial charge >= 0.3 is 0 Å². The Morgan fingerprint density at radius 1 is 1.04 bits per heavy atom. The Bertz CT molecular complexity index is 914. The average molecular weight is 398 g/mol. The van der Waals surface area contributed by atoms with Gasteiger partial charge in [0.2, 0.25) is 0 Å². The summed E-state index contributed by atoms with van der Waals surface area (Å²) in [6, 6.07) is 16.0. The number of carbonyl (C=O) groups excluding carboxylic acids is 3. The summed E-state index contributed by atoms with van der Waals surface area (Å²) in [4.78, 5) is 37.0. The first-order valence-electron chi connectivity index (χ1n) is 8.47. The summed E-state index contributed by atoms with van der Waals surface area (Å²) >= 11 is 0.875. The quantitative estimate of drug-likeness (QED) is 0.687. The molecule has 1 aliphatic heterocycles. The summed E-state index contributed by atoms with van der Waals surface area (Å²) in [5.41, 5.74) is 5.73. The third-order valence-corrected chi connectivity index (χ3v) is 4.64. The van der Waals surface area contributed by atoms with Gasteiger partial charge in [0.25, 0.3) is 17.1 Å². The maximum Gasteiger partial charge on any atom is 0.293 e. The second-order valence-electron chi connectivity index (χ2n) is 5.82. The SMILES string of the molecule is NC(=O)COc1cccc(/C=C2\SC(=O)N(CCOc3ccccc3)C2=O)c1. The van der Waals surface area contributed by atoms with Crippen molar-refractivity contribution in [3.8, 4) is 11.5 Å². The van der Waals surface area contributed by atoms with Crippen LogP contribution in [0.2, 0.25) is 0 Å². The highest BCUT2D eigenvalue weighted by molar-refractivity contribution is 8.18. The summed E-state index contributed by atoms with van der Waals surface area (Å²) in [6.45, 7) is 0.145. The monoisotopic (exact) mass is 398 g/mol. The molecule has 3 rings (SSSR count). The molecule has 0 spiro atoms. The summed E-state index contributed by atoms with van der Waals surface area (Å²) in [5.74, 6) is 0.181. The van der Waals surface area contributed by atoms with Crippen LogP contribution in [0.1, 0.15) is 5.56 Å². The normalized spacial score (nSPS) is 15.1. The predicted molar refractivity (Wildman–Crippen MR) is 106 cm³/mol. The van der Waals surface area contributed by atoms with Crippen molar-refractivity contribution in [3.05, 3.63) is 65.1 Å². The van der Waals surface area contributed by atoms with Crippen molar-refractivity contribution in [1.29, 1.82) is 0 Å². The first-order valence-corrected chi connectivity index (χ1v) is 9.29. The molecule has 144 valence electrons. The zero-order valence-electron chi connectivity index (χ0n) is 14.9. The number of benzene rings is 2. The van der Waals surface area contributed by atoms with Crippen LogP contribution in [-0.4, -0.2) is 41.7 Å². The number of amides is 3. The van der Waals surface area contributed by atoms with Crippen molar-refractivity contribution in [2.24, 2.45) is 5.73 Å². The maximum absolute atomic E-state index is 12.5. The smallest absolute Gasteiger partial charge is 0.293 e. The Morgan fingerprint density at radius 3 is 2.54 bits per heavy atom. The molecular weight excluding hydrogens is 380 g/mol. The molecule has 0 unspecified atom stereocenters. The molecule has 2 N–H and O–H groups in total. The van der Waals surface area contributed by atoms with E-state index >= 15 is 0 Å². The van der Waals surface area contributed by atoms with Crippen molar-refractivity contribution in [2.75, 3.05) is 19.8 Å². The molecule has 1 saturated heterocycles. The second kappa shape index (κ2) is 9.09. The van der Waals surface area contributed by atoms with E-state index in [2.05, 4.69) is 0 Å². The van der Waals surface area contributed by atoms with Crippen molar-refractivity contribution in [2.45, 2.75) is 0 Å². The van der Waals surface area contributed by atoms with Crippen molar-refractivity contribution >= 4 is 34.9 Å². The number of para-hydroxylation sites is 1. The van der Waals surface area contributed by atoms with E-state index in [4.69, 9.17) is 15.2 Å². The molecular formula is C20H18N2O5S. The lowest BCUT2D eigenvalue weighted by atomic mass is 10.2. The Balaban J connectivity index is 1.62. The van der Waals surface area contributed by atoms with E-state index in [1.54, 1.807) is 42.5 Å². The van der Waals surface area contributed by atoms with Gasteiger partial charge in [-0.2, -0.15) is 0 Å². The third kappa shape index (κ3) is 5.14. The molecule has 0 radical (unpaired) electrons. The molecule has 0 bridgehead atoms. The van der Waals surface area contributed by atoms with Gasteiger partial charge in [0.15, 0.2) is 6.61 Å². The molecule has 0 aromatic heterocycles.